The van der Waals surface area contributed by atoms with Gasteiger partial charge in [0.1, 0.15) is 0 Å². The molecule has 25 heavy (non-hydrogen) atoms. The predicted octanol–water partition coefficient (Wildman–Crippen LogP) is 6.29. The first-order valence-corrected chi connectivity index (χ1v) is 10.9. The fourth-order valence-electron chi connectivity index (χ4n) is 7.54. The molecule has 0 amide bonds. The van der Waals surface area contributed by atoms with E-state index in [1.807, 2.05) is 12.1 Å². The molecule has 0 aromatic carbocycles. The quantitative estimate of drug-likeness (QED) is 0.555. The van der Waals surface area contributed by atoms with E-state index in [0.717, 1.165) is 34.5 Å². The molecule has 138 valence electrons. The lowest BCUT2D eigenvalue weighted by molar-refractivity contribution is -0.103. The summed E-state index contributed by atoms with van der Waals surface area (Å²) in [4.78, 5) is 0. The van der Waals surface area contributed by atoms with Gasteiger partial charge in [0.15, 0.2) is 0 Å². The minimum atomic E-state index is 0.741. The highest BCUT2D eigenvalue weighted by molar-refractivity contribution is 5.06. The molecule has 1 aromatic rings. The zero-order valence-corrected chi connectivity index (χ0v) is 16.3. The topological polar surface area (TPSA) is 25.8 Å². The molecule has 0 saturated heterocycles. The molecule has 1 unspecified atom stereocenters. The van der Waals surface area contributed by atoms with E-state index in [2.05, 4.69) is 24.0 Å². The summed E-state index contributed by atoms with van der Waals surface area (Å²) in [5, 5.41) is 7.07. The highest BCUT2D eigenvalue weighted by atomic mass is 15.1. The Morgan fingerprint density at radius 1 is 0.720 bits per heavy atom. The molecule has 0 aliphatic heterocycles. The van der Waals surface area contributed by atoms with E-state index in [1.165, 1.54) is 19.3 Å². The van der Waals surface area contributed by atoms with Crippen LogP contribution in [0.5, 0.6) is 0 Å². The van der Waals surface area contributed by atoms with E-state index in [1.54, 1.807) is 63.8 Å². The Kier molecular flexibility index (Phi) is 4.90. The number of rotatable bonds is 0. The lowest BCUT2D eigenvalue weighted by Gasteiger charge is -2.60. The zero-order valence-electron chi connectivity index (χ0n) is 16.3. The Morgan fingerprint density at radius 3 is 2.24 bits per heavy atom. The van der Waals surface area contributed by atoms with Crippen molar-refractivity contribution < 1.29 is 0 Å². The van der Waals surface area contributed by atoms with E-state index < -0.39 is 0 Å². The number of hydrogen-bond donors (Lipinski definition) is 0. The summed E-state index contributed by atoms with van der Waals surface area (Å²) >= 11 is 0. The third kappa shape index (κ3) is 3.15. The van der Waals surface area contributed by atoms with E-state index in [0.29, 0.717) is 0 Å². The van der Waals surface area contributed by atoms with Crippen molar-refractivity contribution in [2.24, 2.45) is 34.5 Å². The van der Waals surface area contributed by atoms with Crippen LogP contribution in [0.1, 0.15) is 84.5 Å². The van der Waals surface area contributed by atoms with Gasteiger partial charge in [-0.3, -0.25) is 0 Å². The van der Waals surface area contributed by atoms with Gasteiger partial charge >= 0.3 is 0 Å². The van der Waals surface area contributed by atoms with Crippen LogP contribution in [0.25, 0.3) is 0 Å². The molecule has 4 saturated carbocycles. The fraction of sp³-hybridized carbons (Fsp3) is 0.826. The molecule has 4 aliphatic rings. The molecular weight excluding hydrogens is 304 g/mol. The molecular formula is C23H36N2. The van der Waals surface area contributed by atoms with Crippen LogP contribution in [0.2, 0.25) is 0 Å². The smallest absolute Gasteiger partial charge is 0.0496 e. The maximum Gasteiger partial charge on any atom is 0.0496 e. The second-order valence-corrected chi connectivity index (χ2v) is 9.90. The first-order valence-electron chi connectivity index (χ1n) is 10.9. The van der Waals surface area contributed by atoms with Gasteiger partial charge in [-0.05, 0) is 98.0 Å². The van der Waals surface area contributed by atoms with Crippen molar-refractivity contribution in [2.75, 3.05) is 0 Å². The van der Waals surface area contributed by atoms with Gasteiger partial charge < -0.3 is 0 Å². The van der Waals surface area contributed by atoms with Gasteiger partial charge in [-0.2, -0.15) is 10.2 Å². The van der Waals surface area contributed by atoms with E-state index in [4.69, 9.17) is 0 Å². The molecule has 0 radical (unpaired) electrons. The first-order chi connectivity index (χ1) is 12.1. The molecule has 2 nitrogen and oxygen atoms in total. The number of aromatic nitrogens is 2. The molecule has 0 N–H and O–H groups in total. The number of hydrogen-bond acceptors (Lipinski definition) is 2. The molecule has 5 rings (SSSR count). The van der Waals surface area contributed by atoms with E-state index >= 15 is 0 Å². The lowest BCUT2D eigenvalue weighted by atomic mass is 9.45. The highest BCUT2D eigenvalue weighted by Gasteiger charge is 2.56. The van der Waals surface area contributed by atoms with Gasteiger partial charge in [-0.25, -0.2) is 0 Å². The van der Waals surface area contributed by atoms with Gasteiger partial charge in [0.25, 0.3) is 0 Å². The van der Waals surface area contributed by atoms with Crippen LogP contribution in [-0.4, -0.2) is 10.2 Å². The number of fused-ring (bicyclic) bond motifs is 5. The summed E-state index contributed by atoms with van der Waals surface area (Å²) in [6.07, 6.45) is 20.4. The second-order valence-electron chi connectivity index (χ2n) is 9.90. The Balaban J connectivity index is 0.000000223. The van der Waals surface area contributed by atoms with Gasteiger partial charge in [-0.15, -0.1) is 0 Å². The summed E-state index contributed by atoms with van der Waals surface area (Å²) < 4.78 is 0. The average molecular weight is 341 g/mol. The van der Waals surface area contributed by atoms with Crippen molar-refractivity contribution in [3.05, 3.63) is 24.5 Å². The lowest BCUT2D eigenvalue weighted by Crippen LogP contribution is -2.51. The third-order valence-corrected chi connectivity index (χ3v) is 8.85. The molecule has 4 fully saturated rings. The van der Waals surface area contributed by atoms with Gasteiger partial charge in [0.05, 0.1) is 0 Å². The summed E-state index contributed by atoms with van der Waals surface area (Å²) in [5.41, 5.74) is 1.49. The van der Waals surface area contributed by atoms with Crippen molar-refractivity contribution in [3.63, 3.8) is 0 Å². The van der Waals surface area contributed by atoms with Crippen LogP contribution in [0, 0.1) is 34.5 Å². The van der Waals surface area contributed by atoms with E-state index in [9.17, 15) is 0 Å². The zero-order chi connectivity index (χ0) is 17.3. The molecule has 6 atom stereocenters. The van der Waals surface area contributed by atoms with Crippen LogP contribution < -0.4 is 0 Å². The summed E-state index contributed by atoms with van der Waals surface area (Å²) in [6.45, 7) is 5.33. The standard InChI is InChI=1S/C19H32.C4H4N2/c1-18-11-5-7-16(18)15-9-8-14-6-3-4-12-19(14,2)17(15)10-13-18;1-2-4-6-5-3-1/h14-17H,3-13H2,1-2H3;1-4H/t14?,15-,16-,17-,18-,19-;/m0./s1. The van der Waals surface area contributed by atoms with Crippen LogP contribution in [-0.2, 0) is 0 Å². The molecule has 0 bridgehead atoms. The summed E-state index contributed by atoms with van der Waals surface area (Å²) in [5.74, 6) is 4.41. The highest BCUT2D eigenvalue weighted by Crippen LogP contribution is 2.66. The Labute approximate surface area is 154 Å². The van der Waals surface area contributed by atoms with Gasteiger partial charge in [0.2, 0.25) is 0 Å². The van der Waals surface area contributed by atoms with Crippen LogP contribution in [0.15, 0.2) is 24.5 Å². The van der Waals surface area contributed by atoms with Gasteiger partial charge in [0, 0.05) is 12.4 Å². The molecule has 1 heterocycles. The minimum absolute atomic E-state index is 0.741. The monoisotopic (exact) mass is 340 g/mol. The summed E-state index contributed by atoms with van der Waals surface area (Å²) in [6, 6.07) is 3.65. The second kappa shape index (κ2) is 7.00. The SMILES string of the molecule is C[C@@]12CCC[C@H]1[C@@H]1CCC3CCCC[C@]3(C)[C@H]1CC2.c1ccnnc1. The molecule has 1 aromatic heterocycles. The Morgan fingerprint density at radius 2 is 1.52 bits per heavy atom. The normalized spacial score (nSPS) is 45.4. The Hall–Kier alpha value is -0.920. The molecule has 4 aliphatic carbocycles. The van der Waals surface area contributed by atoms with Crippen LogP contribution in [0.3, 0.4) is 0 Å². The number of nitrogens with zero attached hydrogens (tertiary/aromatic N) is 2. The van der Waals surface area contributed by atoms with Crippen molar-refractivity contribution in [1.29, 1.82) is 0 Å². The maximum atomic E-state index is 3.53. The van der Waals surface area contributed by atoms with Crippen molar-refractivity contribution in [2.45, 2.75) is 84.5 Å². The van der Waals surface area contributed by atoms with Crippen molar-refractivity contribution in [3.8, 4) is 0 Å². The maximum absolute atomic E-state index is 3.53. The van der Waals surface area contributed by atoms with Crippen LogP contribution in [0.4, 0.5) is 0 Å². The van der Waals surface area contributed by atoms with Crippen LogP contribution >= 0.6 is 0 Å². The van der Waals surface area contributed by atoms with Crippen molar-refractivity contribution >= 4 is 0 Å². The minimum Gasteiger partial charge on any atom is -0.159 e. The first kappa shape index (κ1) is 17.5. The van der Waals surface area contributed by atoms with E-state index in [-0.39, 0.29) is 0 Å². The predicted molar refractivity (Wildman–Crippen MR) is 103 cm³/mol. The fourth-order valence-corrected chi connectivity index (χ4v) is 7.54. The molecule has 0 spiro atoms. The average Bonchev–Trinajstić information content (AvgIpc) is 3.05. The van der Waals surface area contributed by atoms with Gasteiger partial charge in [-0.1, -0.05) is 33.1 Å². The summed E-state index contributed by atoms with van der Waals surface area (Å²) in [7, 11) is 0. The van der Waals surface area contributed by atoms with Crippen molar-refractivity contribution in [1.82, 2.24) is 10.2 Å². The largest absolute Gasteiger partial charge is 0.159 e. The molecule has 2 heteroatoms. The third-order valence-electron chi connectivity index (χ3n) is 8.85. The Bertz CT molecular complexity index is 532.